The van der Waals surface area contributed by atoms with Gasteiger partial charge in [0.1, 0.15) is 5.82 Å². The van der Waals surface area contributed by atoms with Gasteiger partial charge in [-0.1, -0.05) is 18.2 Å². The monoisotopic (exact) mass is 241 g/mol. The highest BCUT2D eigenvalue weighted by Crippen LogP contribution is 2.18. The molecule has 1 N–H and O–H groups in total. The molecular formula is C13H20FNO2. The van der Waals surface area contributed by atoms with Crippen molar-refractivity contribution in [3.63, 3.8) is 0 Å². The lowest BCUT2D eigenvalue weighted by molar-refractivity contribution is 0.171. The molecule has 1 atom stereocenters. The van der Waals surface area contributed by atoms with E-state index >= 15 is 0 Å². The van der Waals surface area contributed by atoms with Crippen LogP contribution in [0.4, 0.5) is 4.39 Å². The number of rotatable bonds is 8. The summed E-state index contributed by atoms with van der Waals surface area (Å²) in [6, 6.07) is 6.82. The van der Waals surface area contributed by atoms with Crippen LogP contribution in [0.3, 0.4) is 0 Å². The topological polar surface area (TPSA) is 30.5 Å². The first-order chi connectivity index (χ1) is 8.29. The van der Waals surface area contributed by atoms with Gasteiger partial charge in [0.25, 0.3) is 0 Å². The quantitative estimate of drug-likeness (QED) is 0.704. The smallest absolute Gasteiger partial charge is 0.126 e. The molecule has 0 amide bonds. The molecule has 0 aromatic heterocycles. The lowest BCUT2D eigenvalue weighted by atomic mass is 9.99. The Kier molecular flexibility index (Phi) is 6.77. The van der Waals surface area contributed by atoms with Gasteiger partial charge in [-0.15, -0.1) is 0 Å². The number of hydrogen-bond acceptors (Lipinski definition) is 3. The van der Waals surface area contributed by atoms with Crippen molar-refractivity contribution in [2.24, 2.45) is 0 Å². The Bertz CT molecular complexity index is 320. The average Bonchev–Trinajstić information content (AvgIpc) is 2.34. The van der Waals surface area contributed by atoms with Crippen LogP contribution in [0, 0.1) is 5.82 Å². The summed E-state index contributed by atoms with van der Waals surface area (Å²) in [4.78, 5) is 0. The minimum Gasteiger partial charge on any atom is -0.384 e. The Hall–Kier alpha value is -0.970. The Balaban J connectivity index is 2.56. The van der Waals surface area contributed by atoms with E-state index in [-0.39, 0.29) is 11.7 Å². The van der Waals surface area contributed by atoms with E-state index in [0.29, 0.717) is 25.3 Å². The molecule has 0 aliphatic rings. The Labute approximate surface area is 102 Å². The molecule has 0 heterocycles. The van der Waals surface area contributed by atoms with Crippen LogP contribution in [-0.4, -0.2) is 40.5 Å². The van der Waals surface area contributed by atoms with E-state index in [9.17, 15) is 4.39 Å². The number of benzene rings is 1. The maximum absolute atomic E-state index is 13.6. The molecule has 0 aliphatic heterocycles. The number of hydrogen-bond donors (Lipinski definition) is 1. The van der Waals surface area contributed by atoms with E-state index in [0.717, 1.165) is 6.54 Å². The molecule has 17 heavy (non-hydrogen) atoms. The summed E-state index contributed by atoms with van der Waals surface area (Å²) >= 11 is 0. The molecule has 1 aromatic carbocycles. The first-order valence-corrected chi connectivity index (χ1v) is 5.72. The Morgan fingerprint density at radius 1 is 1.24 bits per heavy atom. The van der Waals surface area contributed by atoms with Crippen LogP contribution < -0.4 is 5.32 Å². The van der Waals surface area contributed by atoms with Crippen molar-refractivity contribution >= 4 is 0 Å². The number of halogens is 1. The third-order valence-corrected chi connectivity index (χ3v) is 2.59. The second-order valence-electron chi connectivity index (χ2n) is 3.87. The van der Waals surface area contributed by atoms with E-state index in [1.165, 1.54) is 6.07 Å². The number of nitrogens with one attached hydrogen (secondary N) is 1. The van der Waals surface area contributed by atoms with Crippen LogP contribution >= 0.6 is 0 Å². The van der Waals surface area contributed by atoms with Gasteiger partial charge in [-0.25, -0.2) is 4.39 Å². The van der Waals surface area contributed by atoms with Crippen molar-refractivity contribution in [2.45, 2.75) is 5.92 Å². The minimum atomic E-state index is -0.178. The molecule has 0 saturated heterocycles. The molecule has 4 heteroatoms. The fourth-order valence-electron chi connectivity index (χ4n) is 1.72. The standard InChI is InChI=1S/C13H20FNO2/c1-16-8-7-15-9-11(10-17-2)12-5-3-4-6-13(12)14/h3-6,11,15H,7-10H2,1-2H3. The molecule has 0 radical (unpaired) electrons. The second-order valence-corrected chi connectivity index (χ2v) is 3.87. The molecular weight excluding hydrogens is 221 g/mol. The van der Waals surface area contributed by atoms with Crippen LogP contribution in [-0.2, 0) is 9.47 Å². The lowest BCUT2D eigenvalue weighted by Gasteiger charge is -2.17. The zero-order chi connectivity index (χ0) is 12.5. The van der Waals surface area contributed by atoms with E-state index < -0.39 is 0 Å². The summed E-state index contributed by atoms with van der Waals surface area (Å²) in [6.45, 7) is 2.58. The van der Waals surface area contributed by atoms with Gasteiger partial charge in [0.05, 0.1) is 13.2 Å². The molecule has 0 bridgehead atoms. The fourth-order valence-corrected chi connectivity index (χ4v) is 1.72. The van der Waals surface area contributed by atoms with Crippen molar-refractivity contribution < 1.29 is 13.9 Å². The number of methoxy groups -OCH3 is 2. The summed E-state index contributed by atoms with van der Waals surface area (Å²) in [6.07, 6.45) is 0. The summed E-state index contributed by atoms with van der Waals surface area (Å²) < 4.78 is 23.7. The zero-order valence-corrected chi connectivity index (χ0v) is 10.4. The van der Waals surface area contributed by atoms with E-state index in [2.05, 4.69) is 5.32 Å². The van der Waals surface area contributed by atoms with Crippen LogP contribution in [0.2, 0.25) is 0 Å². The summed E-state index contributed by atoms with van der Waals surface area (Å²) in [5.41, 5.74) is 0.694. The fraction of sp³-hybridized carbons (Fsp3) is 0.538. The van der Waals surface area contributed by atoms with E-state index in [1.807, 2.05) is 6.07 Å². The highest BCUT2D eigenvalue weighted by Gasteiger charge is 2.14. The lowest BCUT2D eigenvalue weighted by Crippen LogP contribution is -2.27. The summed E-state index contributed by atoms with van der Waals surface area (Å²) in [7, 11) is 3.29. The van der Waals surface area contributed by atoms with E-state index in [1.54, 1.807) is 26.4 Å². The predicted octanol–water partition coefficient (Wildman–Crippen LogP) is 1.79. The van der Waals surface area contributed by atoms with Crippen molar-refractivity contribution in [2.75, 3.05) is 40.5 Å². The summed E-state index contributed by atoms with van der Waals surface area (Å²) in [5, 5.41) is 3.23. The molecule has 1 aromatic rings. The van der Waals surface area contributed by atoms with Gasteiger partial charge in [-0.3, -0.25) is 0 Å². The highest BCUT2D eigenvalue weighted by atomic mass is 19.1. The van der Waals surface area contributed by atoms with Gasteiger partial charge < -0.3 is 14.8 Å². The minimum absolute atomic E-state index is 0.0260. The third kappa shape index (κ3) is 4.81. The van der Waals surface area contributed by atoms with Crippen LogP contribution in [0.25, 0.3) is 0 Å². The van der Waals surface area contributed by atoms with Gasteiger partial charge in [-0.05, 0) is 11.6 Å². The Morgan fingerprint density at radius 2 is 2.00 bits per heavy atom. The average molecular weight is 241 g/mol. The van der Waals surface area contributed by atoms with Crippen LogP contribution in [0.1, 0.15) is 11.5 Å². The molecule has 0 spiro atoms. The van der Waals surface area contributed by atoms with Crippen molar-refractivity contribution in [1.82, 2.24) is 5.32 Å². The van der Waals surface area contributed by atoms with Gasteiger partial charge in [0.2, 0.25) is 0 Å². The van der Waals surface area contributed by atoms with Crippen molar-refractivity contribution in [3.8, 4) is 0 Å². The molecule has 96 valence electrons. The molecule has 0 aliphatic carbocycles. The highest BCUT2D eigenvalue weighted by molar-refractivity contribution is 5.22. The van der Waals surface area contributed by atoms with Gasteiger partial charge in [0, 0.05) is 33.2 Å². The molecule has 1 unspecified atom stereocenters. The maximum atomic E-state index is 13.6. The molecule has 1 rings (SSSR count). The molecule has 0 fully saturated rings. The first kappa shape index (κ1) is 14.1. The first-order valence-electron chi connectivity index (χ1n) is 5.72. The SMILES string of the molecule is COCCNCC(COC)c1ccccc1F. The second kappa shape index (κ2) is 8.17. The van der Waals surface area contributed by atoms with Gasteiger partial charge in [0.15, 0.2) is 0 Å². The van der Waals surface area contributed by atoms with Gasteiger partial charge in [-0.2, -0.15) is 0 Å². The van der Waals surface area contributed by atoms with Crippen LogP contribution in [0.5, 0.6) is 0 Å². The maximum Gasteiger partial charge on any atom is 0.126 e. The predicted molar refractivity (Wildman–Crippen MR) is 65.8 cm³/mol. The zero-order valence-electron chi connectivity index (χ0n) is 10.4. The van der Waals surface area contributed by atoms with Crippen molar-refractivity contribution in [1.29, 1.82) is 0 Å². The van der Waals surface area contributed by atoms with Gasteiger partial charge >= 0.3 is 0 Å². The van der Waals surface area contributed by atoms with Crippen LogP contribution in [0.15, 0.2) is 24.3 Å². The Morgan fingerprint density at radius 3 is 2.65 bits per heavy atom. The largest absolute Gasteiger partial charge is 0.384 e. The summed E-state index contributed by atoms with van der Waals surface area (Å²) in [5.74, 6) is -0.152. The molecule has 0 saturated carbocycles. The van der Waals surface area contributed by atoms with E-state index in [4.69, 9.17) is 9.47 Å². The number of ether oxygens (including phenoxy) is 2. The van der Waals surface area contributed by atoms with Crippen molar-refractivity contribution in [3.05, 3.63) is 35.6 Å². The normalized spacial score (nSPS) is 12.6. The third-order valence-electron chi connectivity index (χ3n) is 2.59. The molecule has 3 nitrogen and oxygen atoms in total.